The molecule has 0 heterocycles. The third-order valence-electron chi connectivity index (χ3n) is 6.81. The average Bonchev–Trinajstić information content (AvgIpc) is 2.70. The van der Waals surface area contributed by atoms with Crippen LogP contribution in [0.15, 0.2) is 30.3 Å². The number of thiocarbonyl (C=S) groups is 1. The molecule has 4 bridgehead atoms. The number of amides is 2. The number of hydrogen-bond donors (Lipinski definition) is 3. The molecule has 2 amide bonds. The van der Waals surface area contributed by atoms with Crippen molar-refractivity contribution in [3.63, 3.8) is 0 Å². The average molecular weight is 415 g/mol. The molecule has 29 heavy (non-hydrogen) atoms. The van der Waals surface area contributed by atoms with Crippen LogP contribution in [0.4, 0.5) is 0 Å². The van der Waals surface area contributed by atoms with Crippen LogP contribution in [-0.4, -0.2) is 35.5 Å². The van der Waals surface area contributed by atoms with Crippen molar-refractivity contribution in [3.05, 3.63) is 35.9 Å². The van der Waals surface area contributed by atoms with Crippen molar-refractivity contribution in [1.29, 1.82) is 0 Å². The van der Waals surface area contributed by atoms with Crippen molar-refractivity contribution in [2.45, 2.75) is 45.1 Å². The minimum atomic E-state index is -0.269. The molecule has 0 saturated heterocycles. The number of carbonyl (C=O) groups excluding carboxylic acids is 2. The van der Waals surface area contributed by atoms with Gasteiger partial charge in [0, 0.05) is 19.0 Å². The van der Waals surface area contributed by atoms with Crippen LogP contribution in [0.2, 0.25) is 0 Å². The van der Waals surface area contributed by atoms with Gasteiger partial charge in [0.15, 0.2) is 5.11 Å². The Kier molecular flexibility index (Phi) is 5.76. The van der Waals surface area contributed by atoms with Crippen LogP contribution in [0.1, 0.15) is 44.1 Å². The Morgan fingerprint density at radius 1 is 1.03 bits per heavy atom. The second kappa shape index (κ2) is 8.30. The molecule has 4 aliphatic carbocycles. The molecule has 3 N–H and O–H groups in total. The molecule has 1 aromatic rings. The Morgan fingerprint density at radius 3 is 2.21 bits per heavy atom. The molecular formula is C22H30N4O2S. The summed E-state index contributed by atoms with van der Waals surface area (Å²) in [5.41, 5.74) is 3.60. The second-order valence-corrected chi connectivity index (χ2v) is 9.51. The third kappa shape index (κ3) is 4.55. The number of hydrogen-bond acceptors (Lipinski definition) is 3. The van der Waals surface area contributed by atoms with Crippen molar-refractivity contribution in [3.8, 4) is 0 Å². The second-order valence-electron chi connectivity index (χ2n) is 9.12. The Hall–Kier alpha value is -2.15. The standard InChI is InChI=1S/C22H30N4O2S/c1-26(21(29)24-13-15-5-3-2-4-6-15)25-19(27)14-23-20(28)22-10-16-7-17(11-22)9-18(8-16)12-22/h2-6,16-18H,7-14H2,1H3,(H,23,28)(H,24,29)(H,25,27). The molecule has 0 spiro atoms. The lowest BCUT2D eigenvalue weighted by Crippen LogP contribution is -2.55. The van der Waals surface area contributed by atoms with E-state index in [-0.39, 0.29) is 23.8 Å². The van der Waals surface area contributed by atoms with Gasteiger partial charge in [0.05, 0.1) is 6.54 Å². The quantitative estimate of drug-likeness (QED) is 0.510. The molecule has 0 radical (unpaired) electrons. The minimum absolute atomic E-state index is 0.0216. The van der Waals surface area contributed by atoms with E-state index in [9.17, 15) is 9.59 Å². The Labute approximate surface area is 177 Å². The van der Waals surface area contributed by atoms with Crippen molar-refractivity contribution in [2.75, 3.05) is 13.6 Å². The van der Waals surface area contributed by atoms with Crippen molar-refractivity contribution < 1.29 is 9.59 Å². The number of hydrazine groups is 1. The normalized spacial score (nSPS) is 29.2. The van der Waals surface area contributed by atoms with E-state index < -0.39 is 0 Å². The molecule has 6 nitrogen and oxygen atoms in total. The highest BCUT2D eigenvalue weighted by molar-refractivity contribution is 7.80. The lowest BCUT2D eigenvalue weighted by atomic mass is 9.49. The molecule has 7 heteroatoms. The Balaban J connectivity index is 1.21. The fourth-order valence-corrected chi connectivity index (χ4v) is 6.02. The maximum atomic E-state index is 12.9. The van der Waals surface area contributed by atoms with E-state index in [1.165, 1.54) is 24.3 Å². The fraction of sp³-hybridized carbons (Fsp3) is 0.591. The Morgan fingerprint density at radius 2 is 1.62 bits per heavy atom. The molecule has 0 aliphatic heterocycles. The summed E-state index contributed by atoms with van der Waals surface area (Å²) < 4.78 is 0. The van der Waals surface area contributed by atoms with E-state index in [0.29, 0.717) is 29.4 Å². The predicted molar refractivity (Wildman–Crippen MR) is 115 cm³/mol. The number of benzene rings is 1. The van der Waals surface area contributed by atoms with E-state index in [4.69, 9.17) is 12.2 Å². The summed E-state index contributed by atoms with van der Waals surface area (Å²) in [6.07, 6.45) is 6.89. The molecule has 156 valence electrons. The maximum Gasteiger partial charge on any atom is 0.257 e. The lowest BCUT2D eigenvalue weighted by molar-refractivity contribution is -0.147. The van der Waals surface area contributed by atoms with Gasteiger partial charge in [-0.25, -0.2) is 0 Å². The van der Waals surface area contributed by atoms with Crippen LogP contribution in [0.25, 0.3) is 0 Å². The van der Waals surface area contributed by atoms with Gasteiger partial charge in [-0.05, 0) is 74.1 Å². The SMILES string of the molecule is CN(NC(=O)CNC(=O)C12CC3CC(CC(C3)C1)C2)C(=S)NCc1ccccc1. The first kappa shape index (κ1) is 20.1. The number of rotatable bonds is 5. The molecule has 5 rings (SSSR count). The van der Waals surface area contributed by atoms with Crippen molar-refractivity contribution in [2.24, 2.45) is 23.2 Å². The highest BCUT2D eigenvalue weighted by atomic mass is 32.1. The van der Waals surface area contributed by atoms with Gasteiger partial charge in [-0.3, -0.25) is 20.0 Å². The first-order chi connectivity index (χ1) is 13.9. The zero-order chi connectivity index (χ0) is 20.4. The molecule has 0 aromatic heterocycles. The monoisotopic (exact) mass is 414 g/mol. The largest absolute Gasteiger partial charge is 0.357 e. The summed E-state index contributed by atoms with van der Waals surface area (Å²) in [4.78, 5) is 25.2. The zero-order valence-corrected chi connectivity index (χ0v) is 17.8. The smallest absolute Gasteiger partial charge is 0.257 e. The van der Waals surface area contributed by atoms with Gasteiger partial charge in [-0.2, -0.15) is 0 Å². The van der Waals surface area contributed by atoms with Gasteiger partial charge in [0.25, 0.3) is 5.91 Å². The first-order valence-electron chi connectivity index (χ1n) is 10.6. The van der Waals surface area contributed by atoms with E-state index in [1.807, 2.05) is 30.3 Å². The van der Waals surface area contributed by atoms with Gasteiger partial charge >= 0.3 is 0 Å². The summed E-state index contributed by atoms with van der Waals surface area (Å²) in [7, 11) is 1.69. The van der Waals surface area contributed by atoms with Crippen LogP contribution in [-0.2, 0) is 16.1 Å². The van der Waals surface area contributed by atoms with Crippen molar-refractivity contribution in [1.82, 2.24) is 21.1 Å². The van der Waals surface area contributed by atoms with E-state index in [2.05, 4.69) is 16.1 Å². The zero-order valence-electron chi connectivity index (χ0n) is 16.9. The van der Waals surface area contributed by atoms with Crippen LogP contribution < -0.4 is 16.1 Å². The Bertz CT molecular complexity index is 747. The van der Waals surface area contributed by atoms with Gasteiger partial charge < -0.3 is 10.6 Å². The minimum Gasteiger partial charge on any atom is -0.357 e. The maximum absolute atomic E-state index is 12.9. The summed E-state index contributed by atoms with van der Waals surface area (Å²) in [6, 6.07) is 9.92. The topological polar surface area (TPSA) is 73.5 Å². The third-order valence-corrected chi connectivity index (χ3v) is 7.23. The van der Waals surface area contributed by atoms with Crippen LogP contribution in [0, 0.1) is 23.2 Å². The number of nitrogens with one attached hydrogen (secondary N) is 3. The summed E-state index contributed by atoms with van der Waals surface area (Å²) >= 11 is 5.32. The van der Waals surface area contributed by atoms with Crippen LogP contribution in [0.5, 0.6) is 0 Å². The van der Waals surface area contributed by atoms with Gasteiger partial charge in [0.2, 0.25) is 5.91 Å². The first-order valence-corrected chi connectivity index (χ1v) is 11.0. The molecule has 4 fully saturated rings. The summed E-state index contributed by atoms with van der Waals surface area (Å²) in [6.45, 7) is 0.564. The highest BCUT2D eigenvalue weighted by Crippen LogP contribution is 2.60. The van der Waals surface area contributed by atoms with Gasteiger partial charge in [0.1, 0.15) is 0 Å². The van der Waals surface area contributed by atoms with Crippen LogP contribution >= 0.6 is 12.2 Å². The summed E-state index contributed by atoms with van der Waals surface area (Å²) in [5.74, 6) is 1.92. The van der Waals surface area contributed by atoms with E-state index in [1.54, 1.807) is 7.05 Å². The van der Waals surface area contributed by atoms with E-state index in [0.717, 1.165) is 24.8 Å². The summed E-state index contributed by atoms with van der Waals surface area (Å²) in [5, 5.41) is 7.92. The van der Waals surface area contributed by atoms with Gasteiger partial charge in [-0.15, -0.1) is 0 Å². The van der Waals surface area contributed by atoms with Crippen molar-refractivity contribution >= 4 is 29.1 Å². The van der Waals surface area contributed by atoms with E-state index >= 15 is 0 Å². The predicted octanol–water partition coefficient (Wildman–Crippen LogP) is 2.36. The number of carbonyl (C=O) groups is 2. The molecule has 4 saturated carbocycles. The fourth-order valence-electron chi connectivity index (χ4n) is 5.91. The van der Waals surface area contributed by atoms with Gasteiger partial charge in [-0.1, -0.05) is 30.3 Å². The number of nitrogens with zero attached hydrogens (tertiary/aromatic N) is 1. The molecule has 0 unspecified atom stereocenters. The lowest BCUT2D eigenvalue weighted by Gasteiger charge is -2.55. The molecule has 1 aromatic carbocycles. The van der Waals surface area contributed by atoms with Crippen LogP contribution in [0.3, 0.4) is 0 Å². The molecular weight excluding hydrogens is 384 g/mol. The highest BCUT2D eigenvalue weighted by Gasteiger charge is 2.54. The molecule has 4 aliphatic rings. The molecule has 0 atom stereocenters.